The molecule has 1 N–H and O–H groups in total. The number of benzene rings is 3. The zero-order chi connectivity index (χ0) is 20.1. The fraction of sp³-hybridized carbons (Fsp3) is 0.0909. The molecule has 0 saturated carbocycles. The molecule has 0 aliphatic heterocycles. The fourth-order valence-corrected chi connectivity index (χ4v) is 2.77. The van der Waals surface area contributed by atoms with Crippen LogP contribution in [0.3, 0.4) is 0 Å². The van der Waals surface area contributed by atoms with Crippen molar-refractivity contribution in [1.82, 2.24) is 4.90 Å². The van der Waals surface area contributed by atoms with E-state index < -0.39 is 17.5 Å². The van der Waals surface area contributed by atoms with E-state index in [0.717, 1.165) is 17.7 Å². The molecule has 0 spiro atoms. The van der Waals surface area contributed by atoms with Crippen molar-refractivity contribution in [3.63, 3.8) is 0 Å². The van der Waals surface area contributed by atoms with Crippen molar-refractivity contribution in [3.8, 4) is 0 Å². The molecule has 0 aliphatic carbocycles. The third-order valence-corrected chi connectivity index (χ3v) is 4.19. The van der Waals surface area contributed by atoms with E-state index in [1.54, 1.807) is 25.2 Å². The van der Waals surface area contributed by atoms with Gasteiger partial charge in [0.2, 0.25) is 0 Å². The number of hydrogen-bond acceptors (Lipinski definition) is 2. The molecule has 2 amide bonds. The van der Waals surface area contributed by atoms with Crippen LogP contribution < -0.4 is 5.32 Å². The van der Waals surface area contributed by atoms with E-state index in [9.17, 15) is 18.4 Å². The van der Waals surface area contributed by atoms with Crippen LogP contribution in [0, 0.1) is 11.6 Å². The Labute approximate surface area is 161 Å². The molecule has 4 nitrogen and oxygen atoms in total. The molecule has 142 valence electrons. The molecule has 0 fully saturated rings. The summed E-state index contributed by atoms with van der Waals surface area (Å²) in [5.41, 5.74) is 1.43. The normalized spacial score (nSPS) is 10.4. The van der Waals surface area contributed by atoms with Crippen molar-refractivity contribution in [2.75, 3.05) is 12.4 Å². The lowest BCUT2D eigenvalue weighted by Gasteiger charge is -2.19. The topological polar surface area (TPSA) is 49.4 Å². The first-order chi connectivity index (χ1) is 13.5. The van der Waals surface area contributed by atoms with E-state index >= 15 is 0 Å². The standard InChI is InChI=1S/C22H18F2N2O2/c1-26(14-15-7-3-2-4-8-15)22(28)18-10-6-5-9-17(18)21(27)25-16-11-12-19(23)20(24)13-16/h2-13H,14H2,1H3,(H,25,27). The predicted octanol–water partition coefficient (Wildman–Crippen LogP) is 4.49. The molecule has 0 bridgehead atoms. The van der Waals surface area contributed by atoms with Crippen LogP contribution in [0.5, 0.6) is 0 Å². The molecule has 28 heavy (non-hydrogen) atoms. The molecule has 0 aliphatic rings. The molecule has 0 aromatic heterocycles. The number of nitrogens with zero attached hydrogens (tertiary/aromatic N) is 1. The molecule has 0 saturated heterocycles. The molecule has 0 unspecified atom stereocenters. The lowest BCUT2D eigenvalue weighted by molar-refractivity contribution is 0.0780. The monoisotopic (exact) mass is 380 g/mol. The summed E-state index contributed by atoms with van der Waals surface area (Å²) in [7, 11) is 1.65. The van der Waals surface area contributed by atoms with Gasteiger partial charge in [-0.1, -0.05) is 42.5 Å². The SMILES string of the molecule is CN(Cc1ccccc1)C(=O)c1ccccc1C(=O)Nc1ccc(F)c(F)c1. The fourth-order valence-electron chi connectivity index (χ4n) is 2.77. The Bertz CT molecular complexity index is 1010. The summed E-state index contributed by atoms with van der Waals surface area (Å²) in [5, 5.41) is 2.49. The molecule has 6 heteroatoms. The molecular weight excluding hydrogens is 362 g/mol. The molecule has 0 atom stereocenters. The second-order valence-corrected chi connectivity index (χ2v) is 6.28. The van der Waals surface area contributed by atoms with Crippen LogP contribution in [-0.4, -0.2) is 23.8 Å². The highest BCUT2D eigenvalue weighted by Gasteiger charge is 2.20. The van der Waals surface area contributed by atoms with Gasteiger partial charge in [-0.15, -0.1) is 0 Å². The number of carbonyl (C=O) groups is 2. The summed E-state index contributed by atoms with van der Waals surface area (Å²) >= 11 is 0. The van der Waals surface area contributed by atoms with E-state index in [0.29, 0.717) is 6.54 Å². The quantitative estimate of drug-likeness (QED) is 0.709. The van der Waals surface area contributed by atoms with E-state index in [1.165, 1.54) is 17.0 Å². The van der Waals surface area contributed by atoms with Crippen LogP contribution in [0.1, 0.15) is 26.3 Å². The maximum Gasteiger partial charge on any atom is 0.256 e. The van der Waals surface area contributed by atoms with Gasteiger partial charge in [-0.25, -0.2) is 8.78 Å². The van der Waals surface area contributed by atoms with Crippen molar-refractivity contribution in [3.05, 3.63) is 101 Å². The molecule has 3 aromatic rings. The van der Waals surface area contributed by atoms with Crippen molar-refractivity contribution in [1.29, 1.82) is 0 Å². The van der Waals surface area contributed by atoms with Crippen molar-refractivity contribution in [2.45, 2.75) is 6.54 Å². The second kappa shape index (κ2) is 8.43. The number of carbonyl (C=O) groups excluding carboxylic acids is 2. The van der Waals surface area contributed by atoms with Crippen LogP contribution in [0.25, 0.3) is 0 Å². The van der Waals surface area contributed by atoms with Crippen LogP contribution >= 0.6 is 0 Å². The average Bonchev–Trinajstić information content (AvgIpc) is 2.71. The maximum absolute atomic E-state index is 13.4. The molecular formula is C22H18F2N2O2. The van der Waals surface area contributed by atoms with Gasteiger partial charge in [0.15, 0.2) is 11.6 Å². The molecule has 0 heterocycles. The molecule has 3 aromatic carbocycles. The van der Waals surface area contributed by atoms with E-state index in [1.807, 2.05) is 30.3 Å². The van der Waals surface area contributed by atoms with Gasteiger partial charge in [-0.3, -0.25) is 9.59 Å². The first kappa shape index (κ1) is 19.2. The Morgan fingerprint density at radius 2 is 1.50 bits per heavy atom. The number of halogens is 2. The van der Waals surface area contributed by atoms with Gasteiger partial charge >= 0.3 is 0 Å². The summed E-state index contributed by atoms with van der Waals surface area (Å²) in [4.78, 5) is 27.0. The summed E-state index contributed by atoms with van der Waals surface area (Å²) in [6, 6.07) is 18.9. The van der Waals surface area contributed by atoms with Crippen molar-refractivity contribution < 1.29 is 18.4 Å². The molecule has 3 rings (SSSR count). The average molecular weight is 380 g/mol. The minimum Gasteiger partial charge on any atom is -0.337 e. The molecule has 0 radical (unpaired) electrons. The number of rotatable bonds is 5. The highest BCUT2D eigenvalue weighted by molar-refractivity contribution is 6.12. The Kier molecular flexibility index (Phi) is 5.79. The number of hydrogen-bond donors (Lipinski definition) is 1. The highest BCUT2D eigenvalue weighted by Crippen LogP contribution is 2.17. The van der Waals surface area contributed by atoms with Gasteiger partial charge in [0.25, 0.3) is 11.8 Å². The Morgan fingerprint density at radius 1 is 0.857 bits per heavy atom. The zero-order valence-electron chi connectivity index (χ0n) is 15.2. The Morgan fingerprint density at radius 3 is 2.18 bits per heavy atom. The second-order valence-electron chi connectivity index (χ2n) is 6.28. The maximum atomic E-state index is 13.4. The van der Waals surface area contributed by atoms with E-state index in [4.69, 9.17) is 0 Å². The summed E-state index contributed by atoms with van der Waals surface area (Å²) < 4.78 is 26.4. The highest BCUT2D eigenvalue weighted by atomic mass is 19.2. The van der Waals surface area contributed by atoms with Gasteiger partial charge in [0, 0.05) is 25.3 Å². The number of nitrogens with one attached hydrogen (secondary N) is 1. The van der Waals surface area contributed by atoms with Gasteiger partial charge < -0.3 is 10.2 Å². The first-order valence-corrected chi connectivity index (χ1v) is 8.60. The largest absolute Gasteiger partial charge is 0.337 e. The van der Waals surface area contributed by atoms with Gasteiger partial charge in [0.05, 0.1) is 11.1 Å². The smallest absolute Gasteiger partial charge is 0.256 e. The van der Waals surface area contributed by atoms with Gasteiger partial charge in [-0.2, -0.15) is 0 Å². The van der Waals surface area contributed by atoms with Crippen LogP contribution in [0.2, 0.25) is 0 Å². The summed E-state index contributed by atoms with van der Waals surface area (Å²) in [6.07, 6.45) is 0. The predicted molar refractivity (Wildman–Crippen MR) is 103 cm³/mol. The summed E-state index contributed by atoms with van der Waals surface area (Å²) in [5.74, 6) is -2.97. The third-order valence-electron chi connectivity index (χ3n) is 4.19. The Hall–Kier alpha value is -3.54. The van der Waals surface area contributed by atoms with Gasteiger partial charge in [0.1, 0.15) is 0 Å². The minimum absolute atomic E-state index is 0.101. The third kappa shape index (κ3) is 4.40. The summed E-state index contributed by atoms with van der Waals surface area (Å²) in [6.45, 7) is 0.388. The van der Waals surface area contributed by atoms with Crippen molar-refractivity contribution >= 4 is 17.5 Å². The first-order valence-electron chi connectivity index (χ1n) is 8.60. The Balaban J connectivity index is 1.80. The van der Waals surface area contributed by atoms with Crippen LogP contribution in [0.15, 0.2) is 72.8 Å². The zero-order valence-corrected chi connectivity index (χ0v) is 15.2. The number of anilines is 1. The van der Waals surface area contributed by atoms with Crippen LogP contribution in [0.4, 0.5) is 14.5 Å². The van der Waals surface area contributed by atoms with Gasteiger partial charge in [-0.05, 0) is 29.8 Å². The van der Waals surface area contributed by atoms with E-state index in [-0.39, 0.29) is 22.7 Å². The minimum atomic E-state index is -1.07. The lowest BCUT2D eigenvalue weighted by Crippen LogP contribution is -2.28. The lowest BCUT2D eigenvalue weighted by atomic mass is 10.0. The van der Waals surface area contributed by atoms with Crippen molar-refractivity contribution in [2.24, 2.45) is 0 Å². The van der Waals surface area contributed by atoms with Crippen LogP contribution in [-0.2, 0) is 6.54 Å². The number of amides is 2. The van der Waals surface area contributed by atoms with E-state index in [2.05, 4.69) is 5.32 Å².